The van der Waals surface area contributed by atoms with Gasteiger partial charge in [-0.1, -0.05) is 6.92 Å². The first-order valence-electron chi connectivity index (χ1n) is 6.79. The second kappa shape index (κ2) is 4.72. The number of fused-ring (bicyclic) bond motifs is 1. The Balaban J connectivity index is 1.90. The molecule has 2 atom stereocenters. The standard InChI is InChI=1S/C13H20N4O/c1-2-12-15-11(14)8-13(16-12)17-6-7-18-10-5-3-4-9(10)17/h8-10H,2-7H2,1H3,(H2,14,15,16). The van der Waals surface area contributed by atoms with E-state index in [1.165, 1.54) is 19.3 Å². The molecule has 98 valence electrons. The minimum atomic E-state index is 0.375. The van der Waals surface area contributed by atoms with Gasteiger partial charge >= 0.3 is 0 Å². The molecule has 1 saturated carbocycles. The van der Waals surface area contributed by atoms with Crippen LogP contribution in [0.2, 0.25) is 0 Å². The van der Waals surface area contributed by atoms with Crippen LogP contribution in [0.15, 0.2) is 6.07 Å². The Morgan fingerprint density at radius 1 is 1.44 bits per heavy atom. The second-order valence-corrected chi connectivity index (χ2v) is 5.02. The van der Waals surface area contributed by atoms with Crippen molar-refractivity contribution in [2.75, 3.05) is 23.8 Å². The quantitative estimate of drug-likeness (QED) is 0.856. The summed E-state index contributed by atoms with van der Waals surface area (Å²) in [5, 5.41) is 0. The number of ether oxygens (including phenoxy) is 1. The van der Waals surface area contributed by atoms with E-state index in [0.29, 0.717) is 18.0 Å². The number of aromatic nitrogens is 2. The monoisotopic (exact) mass is 248 g/mol. The molecule has 0 bridgehead atoms. The van der Waals surface area contributed by atoms with Crippen LogP contribution in [0.1, 0.15) is 32.0 Å². The Hall–Kier alpha value is -1.36. The highest BCUT2D eigenvalue weighted by atomic mass is 16.5. The third-order valence-electron chi connectivity index (χ3n) is 3.87. The van der Waals surface area contributed by atoms with Gasteiger partial charge in [-0.25, -0.2) is 9.97 Å². The summed E-state index contributed by atoms with van der Waals surface area (Å²) in [6.45, 7) is 3.74. The first-order valence-corrected chi connectivity index (χ1v) is 6.79. The smallest absolute Gasteiger partial charge is 0.134 e. The maximum Gasteiger partial charge on any atom is 0.134 e. The van der Waals surface area contributed by atoms with Gasteiger partial charge in [-0.15, -0.1) is 0 Å². The normalized spacial score (nSPS) is 27.3. The first kappa shape index (κ1) is 11.7. The van der Waals surface area contributed by atoms with E-state index in [2.05, 4.69) is 21.8 Å². The Labute approximate surface area is 107 Å². The molecule has 1 saturated heterocycles. The number of morpholine rings is 1. The minimum absolute atomic E-state index is 0.375. The summed E-state index contributed by atoms with van der Waals surface area (Å²) >= 11 is 0. The van der Waals surface area contributed by atoms with Crippen LogP contribution in [-0.4, -0.2) is 35.3 Å². The molecule has 1 aromatic rings. The minimum Gasteiger partial charge on any atom is -0.384 e. The van der Waals surface area contributed by atoms with E-state index in [0.717, 1.165) is 31.2 Å². The molecule has 3 rings (SSSR count). The number of rotatable bonds is 2. The van der Waals surface area contributed by atoms with Crippen molar-refractivity contribution in [3.63, 3.8) is 0 Å². The number of nitrogens with zero attached hydrogens (tertiary/aromatic N) is 3. The summed E-state index contributed by atoms with van der Waals surface area (Å²) in [6.07, 6.45) is 4.79. The zero-order valence-electron chi connectivity index (χ0n) is 10.8. The van der Waals surface area contributed by atoms with Crippen LogP contribution >= 0.6 is 0 Å². The van der Waals surface area contributed by atoms with E-state index in [9.17, 15) is 0 Å². The fourth-order valence-electron chi connectivity index (χ4n) is 3.02. The number of aryl methyl sites for hydroxylation is 1. The molecule has 2 fully saturated rings. The molecule has 0 spiro atoms. The molecule has 18 heavy (non-hydrogen) atoms. The van der Waals surface area contributed by atoms with E-state index in [4.69, 9.17) is 10.5 Å². The number of nitrogen functional groups attached to an aromatic ring is 1. The molecule has 1 aromatic heterocycles. The van der Waals surface area contributed by atoms with Crippen LogP contribution < -0.4 is 10.6 Å². The summed E-state index contributed by atoms with van der Waals surface area (Å²) in [7, 11) is 0. The SMILES string of the molecule is CCc1nc(N)cc(N2CCOC3CCCC32)n1. The summed E-state index contributed by atoms with van der Waals surface area (Å²) < 4.78 is 5.82. The number of hydrogen-bond acceptors (Lipinski definition) is 5. The fourth-order valence-corrected chi connectivity index (χ4v) is 3.02. The lowest BCUT2D eigenvalue weighted by molar-refractivity contribution is 0.0253. The van der Waals surface area contributed by atoms with E-state index in [-0.39, 0.29) is 0 Å². The van der Waals surface area contributed by atoms with Gasteiger partial charge in [0.25, 0.3) is 0 Å². The Morgan fingerprint density at radius 3 is 3.17 bits per heavy atom. The predicted octanol–water partition coefficient (Wildman–Crippen LogP) is 1.38. The molecule has 2 N–H and O–H groups in total. The molecule has 2 aliphatic rings. The molecule has 5 nitrogen and oxygen atoms in total. The van der Waals surface area contributed by atoms with Crippen molar-refractivity contribution in [2.24, 2.45) is 0 Å². The highest BCUT2D eigenvalue weighted by molar-refractivity contribution is 5.48. The summed E-state index contributed by atoms with van der Waals surface area (Å²) in [4.78, 5) is 11.2. The molecular weight excluding hydrogens is 228 g/mol. The molecule has 0 aromatic carbocycles. The zero-order valence-corrected chi connectivity index (χ0v) is 10.8. The largest absolute Gasteiger partial charge is 0.384 e. The third kappa shape index (κ3) is 2.03. The Bertz CT molecular complexity index is 437. The summed E-state index contributed by atoms with van der Waals surface area (Å²) in [5.74, 6) is 2.36. The van der Waals surface area contributed by atoms with E-state index in [1.807, 2.05) is 6.07 Å². The molecule has 2 unspecified atom stereocenters. The Morgan fingerprint density at radius 2 is 2.33 bits per heavy atom. The Kier molecular flexibility index (Phi) is 3.07. The van der Waals surface area contributed by atoms with Gasteiger partial charge in [-0.3, -0.25) is 0 Å². The van der Waals surface area contributed by atoms with Crippen LogP contribution in [0, 0.1) is 0 Å². The highest BCUT2D eigenvalue weighted by Gasteiger charge is 2.36. The molecule has 0 amide bonds. The van der Waals surface area contributed by atoms with E-state index < -0.39 is 0 Å². The maximum atomic E-state index is 5.87. The lowest BCUT2D eigenvalue weighted by atomic mass is 10.1. The topological polar surface area (TPSA) is 64.3 Å². The molecule has 1 aliphatic heterocycles. The predicted molar refractivity (Wildman–Crippen MR) is 70.5 cm³/mol. The van der Waals surface area contributed by atoms with Gasteiger partial charge in [0.1, 0.15) is 17.5 Å². The zero-order chi connectivity index (χ0) is 12.5. The average Bonchev–Trinajstić information content (AvgIpc) is 2.85. The van der Waals surface area contributed by atoms with Gasteiger partial charge in [0.15, 0.2) is 0 Å². The van der Waals surface area contributed by atoms with Crippen LogP contribution in [0.4, 0.5) is 11.6 Å². The van der Waals surface area contributed by atoms with Gasteiger partial charge in [-0.2, -0.15) is 0 Å². The number of hydrogen-bond donors (Lipinski definition) is 1. The molecule has 2 heterocycles. The van der Waals surface area contributed by atoms with Crippen LogP contribution in [0.25, 0.3) is 0 Å². The summed E-state index contributed by atoms with van der Waals surface area (Å²) in [5.41, 5.74) is 5.87. The van der Waals surface area contributed by atoms with Crippen LogP contribution in [0.3, 0.4) is 0 Å². The molecule has 0 radical (unpaired) electrons. The fraction of sp³-hybridized carbons (Fsp3) is 0.692. The second-order valence-electron chi connectivity index (χ2n) is 5.02. The lowest BCUT2D eigenvalue weighted by Crippen LogP contribution is -2.49. The molecule has 5 heteroatoms. The highest BCUT2D eigenvalue weighted by Crippen LogP contribution is 2.32. The number of nitrogens with two attached hydrogens (primary N) is 1. The van der Waals surface area contributed by atoms with Gasteiger partial charge in [0.2, 0.25) is 0 Å². The van der Waals surface area contributed by atoms with Crippen molar-refractivity contribution in [2.45, 2.75) is 44.8 Å². The maximum absolute atomic E-state index is 5.87. The van der Waals surface area contributed by atoms with Crippen molar-refractivity contribution in [3.8, 4) is 0 Å². The van der Waals surface area contributed by atoms with Gasteiger partial charge in [0, 0.05) is 19.0 Å². The molecule has 1 aliphatic carbocycles. The van der Waals surface area contributed by atoms with Crippen molar-refractivity contribution < 1.29 is 4.74 Å². The van der Waals surface area contributed by atoms with Gasteiger partial charge < -0.3 is 15.4 Å². The summed E-state index contributed by atoms with van der Waals surface area (Å²) in [6, 6.07) is 2.36. The van der Waals surface area contributed by atoms with Crippen molar-refractivity contribution >= 4 is 11.6 Å². The number of anilines is 2. The van der Waals surface area contributed by atoms with E-state index >= 15 is 0 Å². The molecular formula is C13H20N4O. The van der Waals surface area contributed by atoms with Crippen molar-refractivity contribution in [3.05, 3.63) is 11.9 Å². The van der Waals surface area contributed by atoms with E-state index in [1.54, 1.807) is 0 Å². The lowest BCUT2D eigenvalue weighted by Gasteiger charge is -2.38. The van der Waals surface area contributed by atoms with Crippen molar-refractivity contribution in [1.29, 1.82) is 0 Å². The first-order chi connectivity index (χ1) is 8.78. The van der Waals surface area contributed by atoms with Gasteiger partial charge in [-0.05, 0) is 19.3 Å². The van der Waals surface area contributed by atoms with Crippen LogP contribution in [-0.2, 0) is 11.2 Å². The van der Waals surface area contributed by atoms with Crippen LogP contribution in [0.5, 0.6) is 0 Å². The third-order valence-corrected chi connectivity index (χ3v) is 3.87. The van der Waals surface area contributed by atoms with Gasteiger partial charge in [0.05, 0.1) is 18.8 Å². The van der Waals surface area contributed by atoms with Crippen molar-refractivity contribution in [1.82, 2.24) is 9.97 Å². The average molecular weight is 248 g/mol.